The molecule has 0 atom stereocenters. The third-order valence-electron chi connectivity index (χ3n) is 1.52. The summed E-state index contributed by atoms with van der Waals surface area (Å²) in [6, 6.07) is 6.38. The fourth-order valence-electron chi connectivity index (χ4n) is 0.875. The van der Waals surface area contributed by atoms with Crippen LogP contribution < -0.4 is 5.32 Å². The van der Waals surface area contributed by atoms with Crippen LogP contribution in [-0.4, -0.2) is 13.0 Å². The number of hydrogen-bond donors (Lipinski definition) is 1. The fourth-order valence-corrected chi connectivity index (χ4v) is 0.875. The second-order valence-corrected chi connectivity index (χ2v) is 2.32. The zero-order valence-corrected chi connectivity index (χ0v) is 7.06. The Morgan fingerprint density at radius 3 is 2.54 bits per heavy atom. The number of hydrogen-bond acceptors (Lipinski definition) is 2. The smallest absolute Gasteiger partial charge is 0.251 e. The largest absolute Gasteiger partial charge is 0.355 e. The molecular formula is C8H8N4O. The topological polar surface area (TPSA) is 77.9 Å². The van der Waals surface area contributed by atoms with Gasteiger partial charge in [-0.25, -0.2) is 0 Å². The Balaban J connectivity index is 2.93. The van der Waals surface area contributed by atoms with E-state index in [0.29, 0.717) is 11.3 Å². The van der Waals surface area contributed by atoms with Gasteiger partial charge in [-0.15, -0.1) is 0 Å². The Morgan fingerprint density at radius 1 is 1.46 bits per heavy atom. The highest BCUT2D eigenvalue weighted by Crippen LogP contribution is 2.12. The number of rotatable bonds is 2. The molecule has 5 nitrogen and oxygen atoms in total. The second-order valence-electron chi connectivity index (χ2n) is 2.32. The number of benzene rings is 1. The van der Waals surface area contributed by atoms with Crippen molar-refractivity contribution in [1.82, 2.24) is 5.32 Å². The summed E-state index contributed by atoms with van der Waals surface area (Å²) >= 11 is 0. The third-order valence-corrected chi connectivity index (χ3v) is 1.52. The van der Waals surface area contributed by atoms with Crippen LogP contribution >= 0.6 is 0 Å². The number of nitrogens with zero attached hydrogens (tertiary/aromatic N) is 3. The van der Waals surface area contributed by atoms with E-state index in [2.05, 4.69) is 15.3 Å². The van der Waals surface area contributed by atoms with E-state index < -0.39 is 0 Å². The summed E-state index contributed by atoms with van der Waals surface area (Å²) in [5, 5.41) is 5.87. The number of carbonyl (C=O) groups is 1. The summed E-state index contributed by atoms with van der Waals surface area (Å²) in [5.74, 6) is -0.160. The van der Waals surface area contributed by atoms with Crippen molar-refractivity contribution in [3.05, 3.63) is 40.3 Å². The molecule has 0 aromatic heterocycles. The van der Waals surface area contributed by atoms with Crippen LogP contribution in [0.25, 0.3) is 10.4 Å². The van der Waals surface area contributed by atoms with E-state index in [9.17, 15) is 4.79 Å². The molecule has 0 bridgehead atoms. The quantitative estimate of drug-likeness (QED) is 0.417. The number of carbonyl (C=O) groups excluding carboxylic acids is 1. The summed E-state index contributed by atoms with van der Waals surface area (Å²) in [5.41, 5.74) is 9.16. The number of amides is 1. The van der Waals surface area contributed by atoms with Gasteiger partial charge in [0.25, 0.3) is 5.91 Å². The lowest BCUT2D eigenvalue weighted by Gasteiger charge is -1.98. The summed E-state index contributed by atoms with van der Waals surface area (Å²) in [6.07, 6.45) is 0. The zero-order chi connectivity index (χ0) is 9.68. The molecule has 1 amide bonds. The Morgan fingerprint density at radius 2 is 2.08 bits per heavy atom. The summed E-state index contributed by atoms with van der Waals surface area (Å²) in [4.78, 5) is 13.7. The fraction of sp³-hybridized carbons (Fsp3) is 0.125. The lowest BCUT2D eigenvalue weighted by molar-refractivity contribution is 0.0963. The molecule has 13 heavy (non-hydrogen) atoms. The maximum atomic E-state index is 11.1. The number of azide groups is 1. The van der Waals surface area contributed by atoms with Gasteiger partial charge in [-0.1, -0.05) is 17.2 Å². The molecule has 0 aliphatic heterocycles. The van der Waals surface area contributed by atoms with Gasteiger partial charge in [-0.2, -0.15) is 0 Å². The van der Waals surface area contributed by atoms with Crippen LogP contribution in [0.15, 0.2) is 29.4 Å². The number of nitrogens with one attached hydrogen (secondary N) is 1. The molecule has 66 valence electrons. The van der Waals surface area contributed by atoms with Crippen LogP contribution in [0.1, 0.15) is 10.4 Å². The minimum absolute atomic E-state index is 0.160. The molecule has 0 aliphatic rings. The van der Waals surface area contributed by atoms with Gasteiger partial charge in [0.2, 0.25) is 0 Å². The third kappa shape index (κ3) is 2.21. The van der Waals surface area contributed by atoms with Gasteiger partial charge in [-0.05, 0) is 17.7 Å². The molecule has 1 aromatic carbocycles. The first kappa shape index (κ1) is 9.09. The SMILES string of the molecule is CNC(=O)c1ccc(N=[N+]=[N-])cc1. The molecule has 1 N–H and O–H groups in total. The van der Waals surface area contributed by atoms with E-state index in [4.69, 9.17) is 5.53 Å². The normalized spacial score (nSPS) is 8.69. The Hall–Kier alpha value is -2.00. The van der Waals surface area contributed by atoms with E-state index >= 15 is 0 Å². The first-order valence-corrected chi connectivity index (χ1v) is 3.65. The van der Waals surface area contributed by atoms with E-state index in [1.165, 1.54) is 0 Å². The molecule has 0 heterocycles. The first-order chi connectivity index (χ1) is 6.27. The summed E-state index contributed by atoms with van der Waals surface area (Å²) in [6.45, 7) is 0. The molecule has 1 rings (SSSR count). The molecule has 1 aromatic rings. The van der Waals surface area contributed by atoms with Crippen molar-refractivity contribution in [2.75, 3.05) is 7.05 Å². The zero-order valence-electron chi connectivity index (χ0n) is 7.06. The van der Waals surface area contributed by atoms with Gasteiger partial charge in [0.05, 0.1) is 0 Å². The van der Waals surface area contributed by atoms with Gasteiger partial charge >= 0.3 is 0 Å². The molecule has 0 saturated heterocycles. The predicted molar refractivity (Wildman–Crippen MR) is 48.6 cm³/mol. The first-order valence-electron chi connectivity index (χ1n) is 3.65. The van der Waals surface area contributed by atoms with E-state index in [-0.39, 0.29) is 5.91 Å². The van der Waals surface area contributed by atoms with Gasteiger partial charge < -0.3 is 5.32 Å². The maximum Gasteiger partial charge on any atom is 0.251 e. The monoisotopic (exact) mass is 176 g/mol. The van der Waals surface area contributed by atoms with Crippen molar-refractivity contribution in [2.45, 2.75) is 0 Å². The van der Waals surface area contributed by atoms with Crippen LogP contribution in [0.4, 0.5) is 5.69 Å². The lowest BCUT2D eigenvalue weighted by atomic mass is 10.2. The average molecular weight is 176 g/mol. The second kappa shape index (κ2) is 4.13. The van der Waals surface area contributed by atoms with Crippen molar-refractivity contribution in [3.63, 3.8) is 0 Å². The molecular weight excluding hydrogens is 168 g/mol. The van der Waals surface area contributed by atoms with Gasteiger partial charge in [0.1, 0.15) is 0 Å². The van der Waals surface area contributed by atoms with Crippen LogP contribution in [0, 0.1) is 0 Å². The average Bonchev–Trinajstić information content (AvgIpc) is 2.18. The summed E-state index contributed by atoms with van der Waals surface area (Å²) < 4.78 is 0. The predicted octanol–water partition coefficient (Wildman–Crippen LogP) is 1.99. The lowest BCUT2D eigenvalue weighted by Crippen LogP contribution is -2.17. The molecule has 0 aliphatic carbocycles. The van der Waals surface area contributed by atoms with Gasteiger partial charge in [0.15, 0.2) is 0 Å². The van der Waals surface area contributed by atoms with E-state index in [1.807, 2.05) is 0 Å². The van der Waals surface area contributed by atoms with Crippen LogP contribution in [0.3, 0.4) is 0 Å². The van der Waals surface area contributed by atoms with Crippen molar-refractivity contribution in [3.8, 4) is 0 Å². The molecule has 0 radical (unpaired) electrons. The Kier molecular flexibility index (Phi) is 2.89. The van der Waals surface area contributed by atoms with Gasteiger partial charge in [0, 0.05) is 23.2 Å². The minimum Gasteiger partial charge on any atom is -0.355 e. The molecule has 0 unspecified atom stereocenters. The highest BCUT2D eigenvalue weighted by Gasteiger charge is 2.00. The van der Waals surface area contributed by atoms with E-state index in [1.54, 1.807) is 31.3 Å². The van der Waals surface area contributed by atoms with Gasteiger partial charge in [-0.3, -0.25) is 4.79 Å². The van der Waals surface area contributed by atoms with Crippen molar-refractivity contribution < 1.29 is 4.79 Å². The minimum atomic E-state index is -0.160. The Bertz CT molecular complexity index is 351. The van der Waals surface area contributed by atoms with Crippen LogP contribution in [0.2, 0.25) is 0 Å². The molecule has 0 fully saturated rings. The standard InChI is InChI=1S/C8H8N4O/c1-10-8(13)6-2-4-7(5-3-6)11-12-9/h2-5H,1H3,(H,10,13). The molecule has 5 heteroatoms. The van der Waals surface area contributed by atoms with E-state index in [0.717, 1.165) is 0 Å². The van der Waals surface area contributed by atoms with Crippen molar-refractivity contribution in [2.24, 2.45) is 5.11 Å². The maximum absolute atomic E-state index is 11.1. The van der Waals surface area contributed by atoms with Crippen LogP contribution in [-0.2, 0) is 0 Å². The molecule has 0 saturated carbocycles. The van der Waals surface area contributed by atoms with Crippen molar-refractivity contribution in [1.29, 1.82) is 0 Å². The highest BCUT2D eigenvalue weighted by molar-refractivity contribution is 5.94. The Labute approximate surface area is 75.0 Å². The van der Waals surface area contributed by atoms with Crippen LogP contribution in [0.5, 0.6) is 0 Å². The van der Waals surface area contributed by atoms with Crippen molar-refractivity contribution >= 4 is 11.6 Å². The highest BCUT2D eigenvalue weighted by atomic mass is 16.1. The molecule has 0 spiro atoms. The summed E-state index contributed by atoms with van der Waals surface area (Å²) in [7, 11) is 1.56.